The van der Waals surface area contributed by atoms with E-state index in [9.17, 15) is 13.2 Å². The van der Waals surface area contributed by atoms with Crippen LogP contribution in [0.15, 0.2) is 29.2 Å². The minimum Gasteiger partial charge on any atom is -0.330 e. The first-order valence-corrected chi connectivity index (χ1v) is 7.51. The van der Waals surface area contributed by atoms with Crippen LogP contribution < -0.4 is 15.8 Å². The summed E-state index contributed by atoms with van der Waals surface area (Å²) in [5, 5.41) is 2.67. The normalized spacial score (nSPS) is 11.3. The van der Waals surface area contributed by atoms with Gasteiger partial charge in [-0.25, -0.2) is 13.1 Å². The van der Waals surface area contributed by atoms with Gasteiger partial charge in [-0.05, 0) is 44.6 Å². The monoisotopic (exact) mass is 285 g/mol. The quantitative estimate of drug-likeness (QED) is 0.641. The van der Waals surface area contributed by atoms with E-state index in [-0.39, 0.29) is 10.8 Å². The van der Waals surface area contributed by atoms with Crippen molar-refractivity contribution in [3.05, 3.63) is 24.3 Å². The van der Waals surface area contributed by atoms with Crippen LogP contribution in [0.25, 0.3) is 0 Å². The fourth-order valence-electron chi connectivity index (χ4n) is 1.51. The minimum atomic E-state index is -3.50. The SMILES string of the molecule is CNS(=O)(=O)c1cccc(NC(=O)CCCCN)c1. The first-order valence-electron chi connectivity index (χ1n) is 6.03. The zero-order chi connectivity index (χ0) is 14.3. The Morgan fingerprint density at radius 1 is 1.32 bits per heavy atom. The number of sulfonamides is 1. The number of carbonyl (C=O) groups excluding carboxylic acids is 1. The van der Waals surface area contributed by atoms with Crippen LogP contribution in [0, 0.1) is 0 Å². The topological polar surface area (TPSA) is 101 Å². The van der Waals surface area contributed by atoms with Crippen molar-refractivity contribution < 1.29 is 13.2 Å². The van der Waals surface area contributed by atoms with Gasteiger partial charge in [0.25, 0.3) is 0 Å². The minimum absolute atomic E-state index is 0.120. The van der Waals surface area contributed by atoms with E-state index >= 15 is 0 Å². The number of nitrogens with one attached hydrogen (secondary N) is 2. The molecule has 19 heavy (non-hydrogen) atoms. The lowest BCUT2D eigenvalue weighted by Gasteiger charge is -2.07. The second-order valence-corrected chi connectivity index (χ2v) is 5.92. The molecule has 0 fully saturated rings. The van der Waals surface area contributed by atoms with E-state index < -0.39 is 10.0 Å². The summed E-state index contributed by atoms with van der Waals surface area (Å²) in [5.74, 6) is -0.146. The maximum atomic E-state index is 11.6. The molecule has 0 atom stereocenters. The van der Waals surface area contributed by atoms with Gasteiger partial charge in [0.05, 0.1) is 4.90 Å². The summed E-state index contributed by atoms with van der Waals surface area (Å²) in [7, 11) is -2.15. The van der Waals surface area contributed by atoms with Gasteiger partial charge in [-0.15, -0.1) is 0 Å². The molecule has 0 unspecified atom stereocenters. The highest BCUT2D eigenvalue weighted by Gasteiger charge is 2.12. The molecule has 7 heteroatoms. The molecule has 0 aliphatic heterocycles. The number of amides is 1. The van der Waals surface area contributed by atoms with Crippen LogP contribution in [0.3, 0.4) is 0 Å². The predicted molar refractivity (Wildman–Crippen MR) is 74.2 cm³/mol. The number of anilines is 1. The molecular formula is C12H19N3O3S. The molecule has 106 valence electrons. The molecule has 1 amide bonds. The smallest absolute Gasteiger partial charge is 0.240 e. The standard InChI is InChI=1S/C12H19N3O3S/c1-14-19(17,18)11-6-4-5-10(9-11)15-12(16)7-2-3-8-13/h4-6,9,14H,2-3,7-8,13H2,1H3,(H,15,16). The van der Waals surface area contributed by atoms with Gasteiger partial charge in [-0.1, -0.05) is 6.07 Å². The van der Waals surface area contributed by atoms with Gasteiger partial charge < -0.3 is 11.1 Å². The summed E-state index contributed by atoms with van der Waals surface area (Å²) >= 11 is 0. The number of rotatable bonds is 7. The lowest BCUT2D eigenvalue weighted by Crippen LogP contribution is -2.19. The van der Waals surface area contributed by atoms with E-state index in [0.717, 1.165) is 12.8 Å². The Hall–Kier alpha value is -1.44. The average Bonchev–Trinajstić information content (AvgIpc) is 2.39. The Morgan fingerprint density at radius 2 is 2.05 bits per heavy atom. The second-order valence-electron chi connectivity index (χ2n) is 4.03. The maximum Gasteiger partial charge on any atom is 0.240 e. The van der Waals surface area contributed by atoms with Crippen molar-refractivity contribution in [3.63, 3.8) is 0 Å². The van der Waals surface area contributed by atoms with E-state index in [4.69, 9.17) is 5.73 Å². The van der Waals surface area contributed by atoms with Crippen LogP contribution >= 0.6 is 0 Å². The summed E-state index contributed by atoms with van der Waals surface area (Å²) in [4.78, 5) is 11.7. The Morgan fingerprint density at radius 3 is 2.68 bits per heavy atom. The second kappa shape index (κ2) is 7.22. The average molecular weight is 285 g/mol. The molecule has 6 nitrogen and oxygen atoms in total. The lowest BCUT2D eigenvalue weighted by atomic mass is 10.2. The Bertz CT molecular complexity index is 529. The van der Waals surface area contributed by atoms with Gasteiger partial charge in [-0.3, -0.25) is 4.79 Å². The zero-order valence-corrected chi connectivity index (χ0v) is 11.7. The number of hydrogen-bond donors (Lipinski definition) is 3. The first kappa shape index (κ1) is 15.6. The molecule has 0 aliphatic carbocycles. The van der Waals surface area contributed by atoms with Crippen molar-refractivity contribution in [3.8, 4) is 0 Å². The summed E-state index contributed by atoms with van der Waals surface area (Å²) in [6.45, 7) is 0.559. The van der Waals surface area contributed by atoms with Crippen molar-refractivity contribution in [2.45, 2.75) is 24.2 Å². The molecule has 0 radical (unpaired) electrons. The van der Waals surface area contributed by atoms with E-state index in [1.54, 1.807) is 12.1 Å². The van der Waals surface area contributed by atoms with Gasteiger partial charge >= 0.3 is 0 Å². The third-order valence-corrected chi connectivity index (χ3v) is 3.97. The summed E-state index contributed by atoms with van der Waals surface area (Å²) in [6, 6.07) is 6.12. The summed E-state index contributed by atoms with van der Waals surface area (Å²) in [6.07, 6.45) is 1.89. The number of unbranched alkanes of at least 4 members (excludes halogenated alkanes) is 1. The van der Waals surface area contributed by atoms with Crippen molar-refractivity contribution in [2.75, 3.05) is 18.9 Å². The van der Waals surface area contributed by atoms with Crippen molar-refractivity contribution >= 4 is 21.6 Å². The number of nitrogens with two attached hydrogens (primary N) is 1. The van der Waals surface area contributed by atoms with Crippen LogP contribution in [0.1, 0.15) is 19.3 Å². The highest BCUT2D eigenvalue weighted by molar-refractivity contribution is 7.89. The fraction of sp³-hybridized carbons (Fsp3) is 0.417. The molecule has 0 bridgehead atoms. The highest BCUT2D eigenvalue weighted by Crippen LogP contribution is 2.15. The molecule has 1 aromatic carbocycles. The van der Waals surface area contributed by atoms with Crippen LogP contribution in [0.4, 0.5) is 5.69 Å². The predicted octanol–water partition coefficient (Wildman–Crippen LogP) is 0.662. The molecule has 4 N–H and O–H groups in total. The molecule has 0 aliphatic rings. The molecule has 0 saturated carbocycles. The maximum absolute atomic E-state index is 11.6. The summed E-state index contributed by atoms with van der Waals surface area (Å²) in [5.41, 5.74) is 5.81. The Balaban J connectivity index is 2.70. The van der Waals surface area contributed by atoms with Crippen molar-refractivity contribution in [1.82, 2.24) is 4.72 Å². The third kappa shape index (κ3) is 4.98. The van der Waals surface area contributed by atoms with E-state index in [2.05, 4.69) is 10.0 Å². The number of benzene rings is 1. The van der Waals surface area contributed by atoms with Crippen LogP contribution in [-0.4, -0.2) is 27.9 Å². The molecule has 0 heterocycles. The summed E-state index contributed by atoms with van der Waals surface area (Å²) < 4.78 is 25.4. The van der Waals surface area contributed by atoms with Crippen LogP contribution in [0.2, 0.25) is 0 Å². The molecule has 0 aromatic heterocycles. The zero-order valence-electron chi connectivity index (χ0n) is 10.8. The highest BCUT2D eigenvalue weighted by atomic mass is 32.2. The van der Waals surface area contributed by atoms with E-state index in [0.29, 0.717) is 18.7 Å². The van der Waals surface area contributed by atoms with E-state index in [1.807, 2.05) is 0 Å². The van der Waals surface area contributed by atoms with Gasteiger partial charge in [-0.2, -0.15) is 0 Å². The lowest BCUT2D eigenvalue weighted by molar-refractivity contribution is -0.116. The fourth-order valence-corrected chi connectivity index (χ4v) is 2.29. The largest absolute Gasteiger partial charge is 0.330 e. The molecule has 0 saturated heterocycles. The Kier molecular flexibility index (Phi) is 5.94. The van der Waals surface area contributed by atoms with Gasteiger partial charge in [0, 0.05) is 12.1 Å². The van der Waals surface area contributed by atoms with Gasteiger partial charge in [0.2, 0.25) is 15.9 Å². The first-order chi connectivity index (χ1) is 8.99. The van der Waals surface area contributed by atoms with Crippen LogP contribution in [-0.2, 0) is 14.8 Å². The molecular weight excluding hydrogens is 266 g/mol. The molecule has 0 spiro atoms. The van der Waals surface area contributed by atoms with Crippen molar-refractivity contribution in [1.29, 1.82) is 0 Å². The van der Waals surface area contributed by atoms with Gasteiger partial charge in [0.15, 0.2) is 0 Å². The Labute approximate surface area is 113 Å². The third-order valence-electron chi connectivity index (χ3n) is 2.55. The van der Waals surface area contributed by atoms with Crippen molar-refractivity contribution in [2.24, 2.45) is 5.73 Å². The van der Waals surface area contributed by atoms with E-state index in [1.165, 1.54) is 19.2 Å². The van der Waals surface area contributed by atoms with Crippen LogP contribution in [0.5, 0.6) is 0 Å². The molecule has 1 rings (SSSR count). The molecule has 1 aromatic rings. The number of hydrogen-bond acceptors (Lipinski definition) is 4. The number of carbonyl (C=O) groups is 1. The van der Waals surface area contributed by atoms with Gasteiger partial charge in [0.1, 0.15) is 0 Å².